The van der Waals surface area contributed by atoms with Crippen molar-refractivity contribution in [2.24, 2.45) is 5.92 Å². The number of hydrogen-bond donors (Lipinski definition) is 2. The number of imide groups is 1. The van der Waals surface area contributed by atoms with E-state index in [1.807, 2.05) is 26.0 Å². The molecule has 4 nitrogen and oxygen atoms in total. The summed E-state index contributed by atoms with van der Waals surface area (Å²) in [5, 5.41) is 5.36. The van der Waals surface area contributed by atoms with Crippen LogP contribution in [0.4, 0.5) is 0 Å². The first-order valence-corrected chi connectivity index (χ1v) is 8.60. The third kappa shape index (κ3) is 8.38. The molecule has 0 aliphatic carbocycles. The molecule has 1 aliphatic rings. The first-order valence-electron chi connectivity index (χ1n) is 8.60. The van der Waals surface area contributed by atoms with Crippen LogP contribution in [0.3, 0.4) is 0 Å². The zero-order chi connectivity index (χ0) is 17.8. The lowest BCUT2D eigenvalue weighted by Crippen LogP contribution is -2.50. The van der Waals surface area contributed by atoms with E-state index in [1.54, 1.807) is 0 Å². The number of hydrogen-bond acceptors (Lipinski definition) is 3. The number of piperidine rings is 1. The summed E-state index contributed by atoms with van der Waals surface area (Å²) in [6, 6.07) is -0.384. The SMILES string of the molecule is C=C(/C=C\C(=C)C(C)CCCC)NC1CCC(=O)NC1=O.CC. The molecule has 0 aromatic heterocycles. The maximum Gasteiger partial charge on any atom is 0.249 e. The van der Waals surface area contributed by atoms with Crippen molar-refractivity contribution in [3.63, 3.8) is 0 Å². The van der Waals surface area contributed by atoms with Crippen molar-refractivity contribution in [1.82, 2.24) is 10.6 Å². The number of carbonyl (C=O) groups is 2. The average Bonchev–Trinajstić information content (AvgIpc) is 2.54. The number of unbranched alkanes of at least 4 members (excludes halogenated alkanes) is 1. The molecule has 1 fully saturated rings. The molecular weight excluding hydrogens is 288 g/mol. The summed E-state index contributed by atoms with van der Waals surface area (Å²) in [5.41, 5.74) is 1.73. The molecule has 130 valence electrons. The summed E-state index contributed by atoms with van der Waals surface area (Å²) < 4.78 is 0. The van der Waals surface area contributed by atoms with Gasteiger partial charge >= 0.3 is 0 Å². The Balaban J connectivity index is 0.00000232. The maximum absolute atomic E-state index is 11.6. The minimum Gasteiger partial charge on any atom is -0.374 e. The third-order valence-corrected chi connectivity index (χ3v) is 3.72. The standard InChI is InChI=1S/C17H26N2O2.C2H6/c1-5-6-7-12(2)13(3)8-9-14(4)18-15-10-11-16(20)19-17(15)21;1-2/h8-9,12,15,18H,3-7,10-11H2,1-2H3,(H,19,20,21);1-2H3/b9-8-;. The van der Waals surface area contributed by atoms with Crippen LogP contribution in [0.1, 0.15) is 59.8 Å². The fourth-order valence-corrected chi connectivity index (χ4v) is 2.17. The topological polar surface area (TPSA) is 58.2 Å². The van der Waals surface area contributed by atoms with E-state index < -0.39 is 0 Å². The molecule has 2 N–H and O–H groups in total. The molecule has 1 rings (SSSR count). The van der Waals surface area contributed by atoms with Crippen LogP contribution in [0.15, 0.2) is 36.6 Å². The summed E-state index contributed by atoms with van der Waals surface area (Å²) >= 11 is 0. The van der Waals surface area contributed by atoms with Gasteiger partial charge in [0.2, 0.25) is 11.8 Å². The van der Waals surface area contributed by atoms with Crippen molar-refractivity contribution >= 4 is 11.8 Å². The molecule has 1 heterocycles. The Morgan fingerprint density at radius 3 is 2.57 bits per heavy atom. The van der Waals surface area contributed by atoms with E-state index in [9.17, 15) is 9.59 Å². The lowest BCUT2D eigenvalue weighted by atomic mass is 9.96. The second kappa shape index (κ2) is 11.7. The van der Waals surface area contributed by atoms with E-state index in [2.05, 4.69) is 37.6 Å². The fourth-order valence-electron chi connectivity index (χ4n) is 2.17. The van der Waals surface area contributed by atoms with Crippen molar-refractivity contribution in [1.29, 1.82) is 0 Å². The van der Waals surface area contributed by atoms with Gasteiger partial charge in [0.25, 0.3) is 0 Å². The highest BCUT2D eigenvalue weighted by Crippen LogP contribution is 2.17. The Morgan fingerprint density at radius 2 is 2.00 bits per heavy atom. The van der Waals surface area contributed by atoms with E-state index in [0.717, 1.165) is 12.0 Å². The highest BCUT2D eigenvalue weighted by molar-refractivity contribution is 6.00. The molecular formula is C19H32N2O2. The van der Waals surface area contributed by atoms with Gasteiger partial charge in [0.15, 0.2) is 0 Å². The van der Waals surface area contributed by atoms with Gasteiger partial charge in [-0.2, -0.15) is 0 Å². The van der Waals surface area contributed by atoms with Crippen molar-refractivity contribution in [3.05, 3.63) is 36.6 Å². The summed E-state index contributed by atoms with van der Waals surface area (Å²) in [6.07, 6.45) is 8.17. The van der Waals surface area contributed by atoms with Crippen LogP contribution in [0, 0.1) is 5.92 Å². The first kappa shape index (κ1) is 21.2. The van der Waals surface area contributed by atoms with Gasteiger partial charge in [0, 0.05) is 12.1 Å². The lowest BCUT2D eigenvalue weighted by molar-refractivity contribution is -0.134. The highest BCUT2D eigenvalue weighted by atomic mass is 16.2. The number of rotatable bonds is 8. The van der Waals surface area contributed by atoms with E-state index >= 15 is 0 Å². The zero-order valence-electron chi connectivity index (χ0n) is 15.1. The second-order valence-corrected chi connectivity index (χ2v) is 5.62. The number of amides is 2. The van der Waals surface area contributed by atoms with Crippen molar-refractivity contribution in [3.8, 4) is 0 Å². The Kier molecular flexibility index (Phi) is 10.8. The van der Waals surface area contributed by atoms with Crippen molar-refractivity contribution < 1.29 is 9.59 Å². The first-order chi connectivity index (χ1) is 10.9. The molecule has 2 atom stereocenters. The van der Waals surface area contributed by atoms with Gasteiger partial charge in [-0.25, -0.2) is 0 Å². The van der Waals surface area contributed by atoms with Crippen LogP contribution >= 0.6 is 0 Å². The molecule has 2 amide bonds. The van der Waals surface area contributed by atoms with E-state index in [4.69, 9.17) is 0 Å². The Morgan fingerprint density at radius 1 is 1.35 bits per heavy atom. The smallest absolute Gasteiger partial charge is 0.249 e. The predicted molar refractivity (Wildman–Crippen MR) is 96.8 cm³/mol. The Labute approximate surface area is 141 Å². The van der Waals surface area contributed by atoms with Crippen LogP contribution in [-0.4, -0.2) is 17.9 Å². The second-order valence-electron chi connectivity index (χ2n) is 5.62. The van der Waals surface area contributed by atoms with Gasteiger partial charge in [0.1, 0.15) is 6.04 Å². The quantitative estimate of drug-likeness (QED) is 0.527. The van der Waals surface area contributed by atoms with Crippen LogP contribution in [-0.2, 0) is 9.59 Å². The minimum atomic E-state index is -0.384. The van der Waals surface area contributed by atoms with E-state index in [-0.39, 0.29) is 17.9 Å². The van der Waals surface area contributed by atoms with Gasteiger partial charge in [-0.15, -0.1) is 0 Å². The van der Waals surface area contributed by atoms with Gasteiger partial charge < -0.3 is 5.32 Å². The summed E-state index contributed by atoms with van der Waals surface area (Å²) in [4.78, 5) is 22.7. The van der Waals surface area contributed by atoms with Gasteiger partial charge in [0.05, 0.1) is 0 Å². The number of allylic oxidation sites excluding steroid dienone is 3. The summed E-state index contributed by atoms with van der Waals surface area (Å²) in [7, 11) is 0. The van der Waals surface area contributed by atoms with Crippen LogP contribution in [0.2, 0.25) is 0 Å². The Hall–Kier alpha value is -1.84. The summed E-state index contributed by atoms with van der Waals surface area (Å²) in [6.45, 7) is 16.3. The van der Waals surface area contributed by atoms with Gasteiger partial charge in [-0.05, 0) is 24.8 Å². The average molecular weight is 320 g/mol. The molecule has 0 aromatic carbocycles. The Bertz CT molecular complexity index is 452. The van der Waals surface area contributed by atoms with E-state index in [1.165, 1.54) is 12.8 Å². The van der Waals surface area contributed by atoms with Gasteiger partial charge in [-0.1, -0.05) is 65.3 Å². The molecule has 0 radical (unpaired) electrons. The maximum atomic E-state index is 11.6. The molecule has 0 spiro atoms. The van der Waals surface area contributed by atoms with E-state index in [0.29, 0.717) is 24.5 Å². The van der Waals surface area contributed by atoms with Crippen molar-refractivity contribution in [2.45, 2.75) is 65.8 Å². The minimum absolute atomic E-state index is 0.211. The molecule has 0 aromatic rings. The van der Waals surface area contributed by atoms with Crippen LogP contribution in [0.25, 0.3) is 0 Å². The zero-order valence-corrected chi connectivity index (χ0v) is 15.1. The summed E-state index contributed by atoms with van der Waals surface area (Å²) in [5.74, 6) is -0.0436. The molecule has 1 aliphatic heterocycles. The van der Waals surface area contributed by atoms with Crippen LogP contribution < -0.4 is 10.6 Å². The molecule has 4 heteroatoms. The number of nitrogens with one attached hydrogen (secondary N) is 2. The molecule has 0 bridgehead atoms. The fraction of sp³-hybridized carbons (Fsp3) is 0.579. The third-order valence-electron chi connectivity index (χ3n) is 3.72. The van der Waals surface area contributed by atoms with Crippen molar-refractivity contribution in [2.75, 3.05) is 0 Å². The largest absolute Gasteiger partial charge is 0.374 e. The highest BCUT2D eigenvalue weighted by Gasteiger charge is 2.26. The molecule has 0 saturated carbocycles. The lowest BCUT2D eigenvalue weighted by Gasteiger charge is -2.22. The normalized spacial score (nSPS) is 18.7. The monoisotopic (exact) mass is 320 g/mol. The molecule has 2 unspecified atom stereocenters. The number of carbonyl (C=O) groups excluding carboxylic acids is 2. The molecule has 1 saturated heterocycles. The predicted octanol–water partition coefficient (Wildman–Crippen LogP) is 3.86. The molecule has 23 heavy (non-hydrogen) atoms. The van der Waals surface area contributed by atoms with Gasteiger partial charge in [-0.3, -0.25) is 14.9 Å². The van der Waals surface area contributed by atoms with Crippen LogP contribution in [0.5, 0.6) is 0 Å².